The molecule has 0 amide bonds. The highest BCUT2D eigenvalue weighted by Crippen LogP contribution is 2.17. The first-order valence-electron chi connectivity index (χ1n) is 5.08. The average molecular weight is 260 g/mol. The van der Waals surface area contributed by atoms with Gasteiger partial charge in [-0.15, -0.1) is 0 Å². The van der Waals surface area contributed by atoms with E-state index in [0.29, 0.717) is 17.3 Å². The summed E-state index contributed by atoms with van der Waals surface area (Å²) < 4.78 is 28.0. The first kappa shape index (κ1) is 13.4. The third kappa shape index (κ3) is 4.45. The molecule has 0 saturated heterocycles. The van der Waals surface area contributed by atoms with Gasteiger partial charge in [0.15, 0.2) is 9.84 Å². The maximum absolute atomic E-state index is 11.3. The third-order valence-electron chi connectivity index (χ3n) is 2.05. The molecule has 1 rings (SSSR count). The van der Waals surface area contributed by atoms with E-state index in [4.69, 9.17) is 4.74 Å². The summed E-state index contributed by atoms with van der Waals surface area (Å²) in [6.45, 7) is 0.591. The molecule has 0 N–H and O–H groups in total. The number of unbranched alkanes of at least 4 members (excludes halogenated alkanes) is 1. The standard InChI is InChI=1S/C11H16O3S2/c1-16(12,13)11-6-4-5-10(9-11)14-7-2-3-8-15/h4-6,9,15H,2-3,7-8H2,1H3. The average Bonchev–Trinajstić information content (AvgIpc) is 2.24. The quantitative estimate of drug-likeness (QED) is 0.630. The first-order chi connectivity index (χ1) is 7.54. The van der Waals surface area contributed by atoms with Gasteiger partial charge in [0.1, 0.15) is 5.75 Å². The molecule has 0 saturated carbocycles. The summed E-state index contributed by atoms with van der Waals surface area (Å²) in [7, 11) is -3.15. The van der Waals surface area contributed by atoms with Crippen LogP contribution in [-0.2, 0) is 9.84 Å². The molecular formula is C11H16O3S2. The van der Waals surface area contributed by atoms with Crippen molar-refractivity contribution in [3.05, 3.63) is 24.3 Å². The van der Waals surface area contributed by atoms with E-state index in [1.807, 2.05) is 0 Å². The van der Waals surface area contributed by atoms with Crippen molar-refractivity contribution in [3.8, 4) is 5.75 Å². The highest BCUT2D eigenvalue weighted by Gasteiger charge is 2.07. The van der Waals surface area contributed by atoms with Gasteiger partial charge in [0.05, 0.1) is 11.5 Å². The minimum absolute atomic E-state index is 0.291. The van der Waals surface area contributed by atoms with Gasteiger partial charge in [0.2, 0.25) is 0 Å². The van der Waals surface area contributed by atoms with Crippen molar-refractivity contribution in [2.75, 3.05) is 18.6 Å². The number of ether oxygens (including phenoxy) is 1. The number of hydrogen-bond acceptors (Lipinski definition) is 4. The zero-order valence-electron chi connectivity index (χ0n) is 9.22. The van der Waals surface area contributed by atoms with Gasteiger partial charge in [-0.1, -0.05) is 6.07 Å². The second kappa shape index (κ2) is 6.15. The molecule has 0 atom stereocenters. The van der Waals surface area contributed by atoms with Gasteiger partial charge < -0.3 is 4.74 Å². The van der Waals surface area contributed by atoms with Crippen molar-refractivity contribution in [1.29, 1.82) is 0 Å². The molecule has 1 aromatic carbocycles. The molecule has 5 heteroatoms. The number of benzene rings is 1. The molecule has 0 aliphatic heterocycles. The van der Waals surface area contributed by atoms with Crippen molar-refractivity contribution in [1.82, 2.24) is 0 Å². The molecule has 90 valence electrons. The van der Waals surface area contributed by atoms with E-state index in [1.54, 1.807) is 24.3 Å². The summed E-state index contributed by atoms with van der Waals surface area (Å²) in [5.41, 5.74) is 0. The molecule has 0 bridgehead atoms. The van der Waals surface area contributed by atoms with E-state index in [0.717, 1.165) is 18.6 Å². The highest BCUT2D eigenvalue weighted by atomic mass is 32.2. The summed E-state index contributed by atoms with van der Waals surface area (Å²) in [6.07, 6.45) is 3.11. The van der Waals surface area contributed by atoms with Gasteiger partial charge in [-0.2, -0.15) is 12.6 Å². The Morgan fingerprint density at radius 2 is 2.06 bits per heavy atom. The lowest BCUT2D eigenvalue weighted by Crippen LogP contribution is -2.00. The topological polar surface area (TPSA) is 43.4 Å². The van der Waals surface area contributed by atoms with Crippen LogP contribution in [-0.4, -0.2) is 27.0 Å². The predicted octanol–water partition coefficient (Wildman–Crippen LogP) is 2.18. The van der Waals surface area contributed by atoms with Crippen LogP contribution in [0.3, 0.4) is 0 Å². The molecule has 0 spiro atoms. The van der Waals surface area contributed by atoms with Gasteiger partial charge in [0, 0.05) is 6.26 Å². The molecule has 0 aliphatic rings. The fourth-order valence-corrected chi connectivity index (χ4v) is 2.08. The van der Waals surface area contributed by atoms with Crippen LogP contribution in [0.2, 0.25) is 0 Å². The minimum atomic E-state index is -3.15. The zero-order valence-corrected chi connectivity index (χ0v) is 10.9. The van der Waals surface area contributed by atoms with Crippen molar-refractivity contribution < 1.29 is 13.2 Å². The van der Waals surface area contributed by atoms with Crippen LogP contribution in [0.1, 0.15) is 12.8 Å². The van der Waals surface area contributed by atoms with Crippen LogP contribution in [0, 0.1) is 0 Å². The van der Waals surface area contributed by atoms with E-state index in [-0.39, 0.29) is 0 Å². The normalized spacial score (nSPS) is 11.4. The van der Waals surface area contributed by atoms with Gasteiger partial charge in [0.25, 0.3) is 0 Å². The van der Waals surface area contributed by atoms with Crippen LogP contribution in [0.15, 0.2) is 29.2 Å². The Labute approximate surface area is 102 Å². The van der Waals surface area contributed by atoms with Crippen LogP contribution < -0.4 is 4.74 Å². The lowest BCUT2D eigenvalue weighted by Gasteiger charge is -2.06. The summed E-state index contributed by atoms with van der Waals surface area (Å²) >= 11 is 4.10. The Balaban J connectivity index is 2.62. The summed E-state index contributed by atoms with van der Waals surface area (Å²) in [5.74, 6) is 1.44. The van der Waals surface area contributed by atoms with Crippen LogP contribution in [0.4, 0.5) is 0 Å². The molecule has 0 radical (unpaired) electrons. The monoisotopic (exact) mass is 260 g/mol. The second-order valence-corrected chi connectivity index (χ2v) is 5.99. The van der Waals surface area contributed by atoms with E-state index < -0.39 is 9.84 Å². The molecule has 1 aromatic rings. The third-order valence-corrected chi connectivity index (χ3v) is 3.48. The zero-order chi connectivity index (χ0) is 12.0. The SMILES string of the molecule is CS(=O)(=O)c1cccc(OCCCCS)c1. The largest absolute Gasteiger partial charge is 0.494 e. The number of sulfone groups is 1. The molecular weight excluding hydrogens is 244 g/mol. The summed E-state index contributed by atoms with van der Waals surface area (Å²) in [5, 5.41) is 0. The van der Waals surface area contributed by atoms with Crippen LogP contribution >= 0.6 is 12.6 Å². The molecule has 0 fully saturated rings. The lowest BCUT2D eigenvalue weighted by molar-refractivity contribution is 0.309. The van der Waals surface area contributed by atoms with Gasteiger partial charge in [-0.3, -0.25) is 0 Å². The second-order valence-electron chi connectivity index (χ2n) is 3.53. The van der Waals surface area contributed by atoms with E-state index in [2.05, 4.69) is 12.6 Å². The lowest BCUT2D eigenvalue weighted by atomic mass is 10.3. The van der Waals surface area contributed by atoms with Crippen LogP contribution in [0.25, 0.3) is 0 Å². The first-order valence-corrected chi connectivity index (χ1v) is 7.60. The van der Waals surface area contributed by atoms with E-state index in [1.165, 1.54) is 6.26 Å². The Hall–Kier alpha value is -0.680. The Morgan fingerprint density at radius 3 is 2.69 bits per heavy atom. The Morgan fingerprint density at radius 1 is 1.31 bits per heavy atom. The highest BCUT2D eigenvalue weighted by molar-refractivity contribution is 7.90. The molecule has 0 heterocycles. The number of thiol groups is 1. The van der Waals surface area contributed by atoms with Crippen molar-refractivity contribution >= 4 is 22.5 Å². The van der Waals surface area contributed by atoms with Gasteiger partial charge in [-0.25, -0.2) is 8.42 Å². The van der Waals surface area contributed by atoms with Crippen molar-refractivity contribution in [3.63, 3.8) is 0 Å². The maximum Gasteiger partial charge on any atom is 0.175 e. The maximum atomic E-state index is 11.3. The van der Waals surface area contributed by atoms with E-state index in [9.17, 15) is 8.42 Å². The van der Waals surface area contributed by atoms with E-state index >= 15 is 0 Å². The van der Waals surface area contributed by atoms with Crippen molar-refractivity contribution in [2.24, 2.45) is 0 Å². The number of rotatable bonds is 6. The molecule has 3 nitrogen and oxygen atoms in total. The van der Waals surface area contributed by atoms with Crippen LogP contribution in [0.5, 0.6) is 5.75 Å². The van der Waals surface area contributed by atoms with Crippen molar-refractivity contribution in [2.45, 2.75) is 17.7 Å². The predicted molar refractivity (Wildman–Crippen MR) is 68.1 cm³/mol. The Kier molecular flexibility index (Phi) is 5.15. The molecule has 16 heavy (non-hydrogen) atoms. The summed E-state index contributed by atoms with van der Waals surface area (Å²) in [6, 6.07) is 6.56. The van der Waals surface area contributed by atoms with Gasteiger partial charge >= 0.3 is 0 Å². The molecule has 0 aliphatic carbocycles. The number of hydrogen-bond donors (Lipinski definition) is 1. The summed E-state index contributed by atoms with van der Waals surface area (Å²) in [4.78, 5) is 0.291. The fourth-order valence-electron chi connectivity index (χ4n) is 1.20. The smallest absolute Gasteiger partial charge is 0.175 e. The molecule has 0 unspecified atom stereocenters. The minimum Gasteiger partial charge on any atom is -0.494 e. The van der Waals surface area contributed by atoms with Gasteiger partial charge in [-0.05, 0) is 36.8 Å². The molecule has 0 aromatic heterocycles. The fraction of sp³-hybridized carbons (Fsp3) is 0.455. The Bertz CT molecular complexity index is 427.